The van der Waals surface area contributed by atoms with Crippen molar-refractivity contribution in [2.75, 3.05) is 6.54 Å². The van der Waals surface area contributed by atoms with E-state index in [0.717, 1.165) is 16.9 Å². The van der Waals surface area contributed by atoms with E-state index in [-0.39, 0.29) is 24.0 Å². The van der Waals surface area contributed by atoms with Crippen molar-refractivity contribution >= 4 is 16.9 Å². The molecule has 1 heterocycles. The molecule has 0 saturated heterocycles. The molecule has 130 valence electrons. The molecule has 0 saturated carbocycles. The molecule has 0 atom stereocenters. The van der Waals surface area contributed by atoms with Crippen molar-refractivity contribution < 1.29 is 13.6 Å². The van der Waals surface area contributed by atoms with Gasteiger partial charge in [0.15, 0.2) is 0 Å². The summed E-state index contributed by atoms with van der Waals surface area (Å²) < 4.78 is 28.7. The van der Waals surface area contributed by atoms with E-state index in [1.54, 1.807) is 24.3 Å². The number of nitrogens with zero attached hydrogens (tertiary/aromatic N) is 2. The van der Waals surface area contributed by atoms with E-state index in [9.17, 15) is 13.6 Å². The largest absolute Gasteiger partial charge is 0.356 e. The van der Waals surface area contributed by atoms with Crippen LogP contribution in [0.3, 0.4) is 0 Å². The molecule has 3 rings (SSSR count). The summed E-state index contributed by atoms with van der Waals surface area (Å²) >= 11 is 0. The molecule has 3 aromatic rings. The van der Waals surface area contributed by atoms with Crippen LogP contribution < -0.4 is 5.32 Å². The van der Waals surface area contributed by atoms with E-state index in [1.165, 1.54) is 18.2 Å². The van der Waals surface area contributed by atoms with Crippen LogP contribution in [0.15, 0.2) is 42.5 Å². The summed E-state index contributed by atoms with van der Waals surface area (Å²) in [7, 11) is 1.82. The Bertz CT molecular complexity index is 905. The lowest BCUT2D eigenvalue weighted by Crippen LogP contribution is -2.26. The second-order valence-electron chi connectivity index (χ2n) is 5.91. The summed E-state index contributed by atoms with van der Waals surface area (Å²) in [5, 5.41) is 2.82. The average molecular weight is 343 g/mol. The topological polar surface area (TPSA) is 46.9 Å². The summed E-state index contributed by atoms with van der Waals surface area (Å²) in [5.41, 5.74) is 1.99. The third-order valence-corrected chi connectivity index (χ3v) is 4.19. The average Bonchev–Trinajstić information content (AvgIpc) is 2.90. The number of nitrogens with one attached hydrogen (secondary N) is 1. The highest BCUT2D eigenvalue weighted by Gasteiger charge is 2.10. The van der Waals surface area contributed by atoms with E-state index in [2.05, 4.69) is 10.3 Å². The molecule has 0 fully saturated rings. The van der Waals surface area contributed by atoms with Crippen molar-refractivity contribution in [1.29, 1.82) is 0 Å². The molecule has 4 nitrogen and oxygen atoms in total. The molecule has 0 aliphatic rings. The van der Waals surface area contributed by atoms with Gasteiger partial charge in [0.1, 0.15) is 17.5 Å². The van der Waals surface area contributed by atoms with Crippen LogP contribution in [0.5, 0.6) is 0 Å². The zero-order valence-electron chi connectivity index (χ0n) is 13.9. The molecular formula is C19H19F2N3O. The van der Waals surface area contributed by atoms with Gasteiger partial charge in [0, 0.05) is 26.4 Å². The van der Waals surface area contributed by atoms with E-state index in [4.69, 9.17) is 0 Å². The maximum Gasteiger partial charge on any atom is 0.220 e. The first-order valence-electron chi connectivity index (χ1n) is 8.15. The number of hydrogen-bond acceptors (Lipinski definition) is 2. The van der Waals surface area contributed by atoms with Gasteiger partial charge in [-0.25, -0.2) is 13.8 Å². The Morgan fingerprint density at radius 1 is 1.16 bits per heavy atom. The lowest BCUT2D eigenvalue weighted by Gasteiger charge is -2.06. The number of rotatable bonds is 6. The molecule has 0 aliphatic carbocycles. The van der Waals surface area contributed by atoms with Gasteiger partial charge in [0.25, 0.3) is 0 Å². The van der Waals surface area contributed by atoms with Crippen molar-refractivity contribution in [3.8, 4) is 0 Å². The maximum absolute atomic E-state index is 13.5. The van der Waals surface area contributed by atoms with Crippen molar-refractivity contribution in [3.63, 3.8) is 0 Å². The molecule has 0 radical (unpaired) electrons. The molecule has 0 unspecified atom stereocenters. The molecule has 0 spiro atoms. The molecule has 2 aromatic carbocycles. The van der Waals surface area contributed by atoms with Crippen molar-refractivity contribution in [1.82, 2.24) is 14.9 Å². The van der Waals surface area contributed by atoms with Gasteiger partial charge in [-0.05, 0) is 36.2 Å². The highest BCUT2D eigenvalue weighted by atomic mass is 19.1. The standard InChI is InChI=1S/C19H19F2N3O/c1-24-17-12-14(20)7-8-16(17)23-18(24)10-11-22-19(25)9-6-13-4-2-3-5-15(13)21/h2-5,7-8,12H,6,9-11H2,1H3,(H,22,25). The van der Waals surface area contributed by atoms with Gasteiger partial charge >= 0.3 is 0 Å². The molecule has 1 aromatic heterocycles. The Hall–Kier alpha value is -2.76. The highest BCUT2D eigenvalue weighted by Crippen LogP contribution is 2.16. The number of hydrogen-bond donors (Lipinski definition) is 1. The zero-order valence-corrected chi connectivity index (χ0v) is 13.9. The first-order chi connectivity index (χ1) is 12.0. The van der Waals surface area contributed by atoms with E-state index < -0.39 is 0 Å². The first-order valence-corrected chi connectivity index (χ1v) is 8.15. The smallest absolute Gasteiger partial charge is 0.220 e. The SMILES string of the molecule is Cn1c(CCNC(=O)CCc2ccccc2F)nc2ccc(F)cc21. The number of imidazole rings is 1. The van der Waals surface area contributed by atoms with Crippen LogP contribution in [0.25, 0.3) is 11.0 Å². The summed E-state index contributed by atoms with van der Waals surface area (Å²) in [5.74, 6) is 0.0498. The quantitative estimate of drug-likeness (QED) is 0.747. The Labute approximate surface area is 144 Å². The fourth-order valence-electron chi connectivity index (χ4n) is 2.79. The van der Waals surface area contributed by atoms with Crippen molar-refractivity contribution in [3.05, 3.63) is 65.5 Å². The highest BCUT2D eigenvalue weighted by molar-refractivity contribution is 5.77. The summed E-state index contributed by atoms with van der Waals surface area (Å²) in [6.07, 6.45) is 1.14. The van der Waals surface area contributed by atoms with Crippen LogP contribution in [0, 0.1) is 11.6 Å². The van der Waals surface area contributed by atoms with Gasteiger partial charge in [-0.3, -0.25) is 4.79 Å². The molecule has 25 heavy (non-hydrogen) atoms. The van der Waals surface area contributed by atoms with Gasteiger partial charge in [-0.2, -0.15) is 0 Å². The van der Waals surface area contributed by atoms with E-state index >= 15 is 0 Å². The Morgan fingerprint density at radius 3 is 2.76 bits per heavy atom. The monoisotopic (exact) mass is 343 g/mol. The molecule has 1 N–H and O–H groups in total. The number of fused-ring (bicyclic) bond motifs is 1. The summed E-state index contributed by atoms with van der Waals surface area (Å²) in [4.78, 5) is 16.4. The van der Waals surface area contributed by atoms with Crippen molar-refractivity contribution in [2.45, 2.75) is 19.3 Å². The Morgan fingerprint density at radius 2 is 1.96 bits per heavy atom. The maximum atomic E-state index is 13.5. The van der Waals surface area contributed by atoms with Crippen LogP contribution in [0.1, 0.15) is 17.8 Å². The molecule has 0 bridgehead atoms. The fourth-order valence-corrected chi connectivity index (χ4v) is 2.79. The number of carbonyl (C=O) groups excluding carboxylic acids is 1. The molecule has 1 amide bonds. The predicted molar refractivity (Wildman–Crippen MR) is 92.1 cm³/mol. The van der Waals surface area contributed by atoms with Crippen LogP contribution in [-0.4, -0.2) is 22.0 Å². The van der Waals surface area contributed by atoms with Crippen LogP contribution in [0.4, 0.5) is 8.78 Å². The number of halogens is 2. The number of carbonyl (C=O) groups is 1. The van der Waals surface area contributed by atoms with Gasteiger partial charge in [-0.1, -0.05) is 18.2 Å². The van der Waals surface area contributed by atoms with Gasteiger partial charge in [0.2, 0.25) is 5.91 Å². The summed E-state index contributed by atoms with van der Waals surface area (Å²) in [6.45, 7) is 0.426. The third-order valence-electron chi connectivity index (χ3n) is 4.19. The Kier molecular flexibility index (Phi) is 5.07. The minimum Gasteiger partial charge on any atom is -0.356 e. The van der Waals surface area contributed by atoms with Gasteiger partial charge < -0.3 is 9.88 Å². The lowest BCUT2D eigenvalue weighted by molar-refractivity contribution is -0.121. The minimum atomic E-state index is -0.302. The minimum absolute atomic E-state index is 0.131. The zero-order chi connectivity index (χ0) is 17.8. The summed E-state index contributed by atoms with van der Waals surface area (Å²) in [6, 6.07) is 10.9. The van der Waals surface area contributed by atoms with Crippen LogP contribution in [0.2, 0.25) is 0 Å². The second kappa shape index (κ2) is 7.42. The van der Waals surface area contributed by atoms with Crippen LogP contribution in [-0.2, 0) is 24.7 Å². The van der Waals surface area contributed by atoms with E-state index in [1.807, 2.05) is 11.6 Å². The Balaban J connectivity index is 1.52. The fraction of sp³-hybridized carbons (Fsp3) is 0.263. The molecule has 6 heteroatoms. The normalized spacial score (nSPS) is 11.0. The number of benzene rings is 2. The second-order valence-corrected chi connectivity index (χ2v) is 5.91. The number of amides is 1. The third kappa shape index (κ3) is 4.02. The first kappa shape index (κ1) is 17.1. The van der Waals surface area contributed by atoms with Crippen molar-refractivity contribution in [2.24, 2.45) is 7.05 Å². The predicted octanol–water partition coefficient (Wildman–Crippen LogP) is 3.14. The van der Waals surface area contributed by atoms with Gasteiger partial charge in [-0.15, -0.1) is 0 Å². The van der Waals surface area contributed by atoms with Gasteiger partial charge in [0.05, 0.1) is 11.0 Å². The van der Waals surface area contributed by atoms with E-state index in [0.29, 0.717) is 24.9 Å². The van der Waals surface area contributed by atoms with Crippen LogP contribution >= 0.6 is 0 Å². The number of aromatic nitrogens is 2. The molecule has 0 aliphatic heterocycles. The number of aryl methyl sites for hydroxylation is 2. The molecular weight excluding hydrogens is 324 g/mol. The lowest BCUT2D eigenvalue weighted by atomic mass is 10.1.